The number of rotatable bonds is 3. The summed E-state index contributed by atoms with van der Waals surface area (Å²) in [6, 6.07) is 10.0. The van der Waals surface area contributed by atoms with Crippen LogP contribution in [0.25, 0.3) is 5.69 Å². The summed E-state index contributed by atoms with van der Waals surface area (Å²) in [6.45, 7) is 0. The highest BCUT2D eigenvalue weighted by Gasteiger charge is 2.06. The summed E-state index contributed by atoms with van der Waals surface area (Å²) in [4.78, 5) is 0. The number of nitrogens with one attached hydrogen (secondary N) is 1. The second kappa shape index (κ2) is 4.63. The second-order valence-electron chi connectivity index (χ2n) is 3.05. The van der Waals surface area contributed by atoms with Crippen LogP contribution in [0.1, 0.15) is 5.82 Å². The van der Waals surface area contributed by atoms with Gasteiger partial charge in [0.05, 0.1) is 5.75 Å². The van der Waals surface area contributed by atoms with Crippen LogP contribution in [0, 0.1) is 4.77 Å². The molecule has 1 heterocycles. The van der Waals surface area contributed by atoms with E-state index in [1.165, 1.54) is 0 Å². The molecule has 0 atom stereocenters. The molecule has 5 heteroatoms. The lowest BCUT2D eigenvalue weighted by Gasteiger charge is -2.04. The summed E-state index contributed by atoms with van der Waals surface area (Å²) in [5.74, 6) is 1.81. The third-order valence-corrected chi connectivity index (χ3v) is 2.85. The van der Waals surface area contributed by atoms with Crippen molar-refractivity contribution in [3.63, 3.8) is 0 Å². The summed E-state index contributed by atoms with van der Waals surface area (Å²) in [6.07, 6.45) is 2.05. The molecular formula is C10H11N3S2. The molecule has 78 valence electrons. The minimum Gasteiger partial charge on any atom is -0.271 e. The van der Waals surface area contributed by atoms with Gasteiger partial charge >= 0.3 is 0 Å². The van der Waals surface area contributed by atoms with Crippen molar-refractivity contribution < 1.29 is 0 Å². The molecule has 3 nitrogen and oxygen atoms in total. The first-order chi connectivity index (χ1) is 7.33. The molecule has 1 aromatic carbocycles. The highest BCUT2D eigenvalue weighted by Crippen LogP contribution is 2.13. The predicted octanol–water partition coefficient (Wildman–Crippen LogP) is 2.79. The normalized spacial score (nSPS) is 10.5. The third-order valence-electron chi connectivity index (χ3n) is 2.03. The van der Waals surface area contributed by atoms with E-state index in [1.807, 2.05) is 41.2 Å². The Labute approximate surface area is 97.5 Å². The number of thioether (sulfide) groups is 1. The molecule has 0 aliphatic carbocycles. The van der Waals surface area contributed by atoms with E-state index in [9.17, 15) is 0 Å². The largest absolute Gasteiger partial charge is 0.271 e. The molecule has 2 aromatic rings. The lowest BCUT2D eigenvalue weighted by Crippen LogP contribution is -1.99. The minimum atomic E-state index is 0.644. The van der Waals surface area contributed by atoms with Gasteiger partial charge < -0.3 is 0 Å². The number of para-hydroxylation sites is 1. The van der Waals surface area contributed by atoms with Crippen LogP contribution >= 0.6 is 24.0 Å². The molecule has 0 saturated heterocycles. The first-order valence-electron chi connectivity index (χ1n) is 4.53. The standard InChI is InChI=1S/C10H11N3S2/c1-15-7-9-11-12-10(14)13(9)8-5-3-2-4-6-8/h2-6H,7H2,1H3,(H,12,14). The van der Waals surface area contributed by atoms with Crippen LogP contribution in [-0.4, -0.2) is 21.0 Å². The Balaban J connectivity index is 2.52. The summed E-state index contributed by atoms with van der Waals surface area (Å²) in [7, 11) is 0. The molecule has 2 rings (SSSR count). The van der Waals surface area contributed by atoms with E-state index in [0.717, 1.165) is 17.3 Å². The zero-order valence-corrected chi connectivity index (χ0v) is 9.94. The Hall–Kier alpha value is -1.07. The van der Waals surface area contributed by atoms with Gasteiger partial charge in [0.2, 0.25) is 0 Å². The van der Waals surface area contributed by atoms with Crippen LogP contribution < -0.4 is 0 Å². The topological polar surface area (TPSA) is 33.6 Å². The zero-order chi connectivity index (χ0) is 10.7. The van der Waals surface area contributed by atoms with Crippen molar-refractivity contribution in [2.45, 2.75) is 5.75 Å². The molecule has 0 bridgehead atoms. The van der Waals surface area contributed by atoms with Crippen LogP contribution in [0.15, 0.2) is 30.3 Å². The lowest BCUT2D eigenvalue weighted by molar-refractivity contribution is 0.950. The van der Waals surface area contributed by atoms with E-state index >= 15 is 0 Å². The summed E-state index contributed by atoms with van der Waals surface area (Å²) < 4.78 is 2.61. The molecule has 0 unspecified atom stereocenters. The van der Waals surface area contributed by atoms with E-state index in [0.29, 0.717) is 4.77 Å². The Morgan fingerprint density at radius 3 is 2.80 bits per heavy atom. The van der Waals surface area contributed by atoms with E-state index in [4.69, 9.17) is 12.2 Å². The van der Waals surface area contributed by atoms with Gasteiger partial charge in [0.15, 0.2) is 4.77 Å². The van der Waals surface area contributed by atoms with Crippen LogP contribution in [0.2, 0.25) is 0 Å². The monoisotopic (exact) mass is 237 g/mol. The quantitative estimate of drug-likeness (QED) is 0.833. The fraction of sp³-hybridized carbons (Fsp3) is 0.200. The van der Waals surface area contributed by atoms with E-state index in [1.54, 1.807) is 11.8 Å². The SMILES string of the molecule is CSCc1n[nH]c(=S)n1-c1ccccc1. The smallest absolute Gasteiger partial charge is 0.199 e. The van der Waals surface area contributed by atoms with Crippen molar-refractivity contribution in [3.05, 3.63) is 40.9 Å². The van der Waals surface area contributed by atoms with Gasteiger partial charge in [0, 0.05) is 5.69 Å². The molecule has 0 fully saturated rings. The minimum absolute atomic E-state index is 0.644. The average Bonchev–Trinajstić information content (AvgIpc) is 2.62. The van der Waals surface area contributed by atoms with Crippen molar-refractivity contribution in [1.29, 1.82) is 0 Å². The molecule has 0 radical (unpaired) electrons. The molecule has 0 spiro atoms. The van der Waals surface area contributed by atoms with Gasteiger partial charge in [0.25, 0.3) is 0 Å². The predicted molar refractivity (Wildman–Crippen MR) is 66.0 cm³/mol. The van der Waals surface area contributed by atoms with Crippen LogP contribution in [0.3, 0.4) is 0 Å². The lowest BCUT2D eigenvalue weighted by atomic mass is 10.3. The summed E-state index contributed by atoms with van der Waals surface area (Å²) in [5.41, 5.74) is 1.06. The molecule has 0 amide bonds. The van der Waals surface area contributed by atoms with Crippen LogP contribution in [-0.2, 0) is 5.75 Å². The van der Waals surface area contributed by atoms with Crippen molar-refractivity contribution in [2.75, 3.05) is 6.26 Å². The van der Waals surface area contributed by atoms with Crippen LogP contribution in [0.4, 0.5) is 0 Å². The van der Waals surface area contributed by atoms with Crippen molar-refractivity contribution in [1.82, 2.24) is 14.8 Å². The number of hydrogen-bond donors (Lipinski definition) is 1. The first-order valence-corrected chi connectivity index (χ1v) is 6.34. The molecule has 1 N–H and O–H groups in total. The van der Waals surface area contributed by atoms with Crippen molar-refractivity contribution in [3.8, 4) is 5.69 Å². The van der Waals surface area contributed by atoms with E-state index in [-0.39, 0.29) is 0 Å². The zero-order valence-electron chi connectivity index (χ0n) is 8.30. The molecule has 15 heavy (non-hydrogen) atoms. The van der Waals surface area contributed by atoms with Gasteiger partial charge in [0.1, 0.15) is 5.82 Å². The van der Waals surface area contributed by atoms with Gasteiger partial charge in [-0.25, -0.2) is 0 Å². The van der Waals surface area contributed by atoms with Crippen molar-refractivity contribution in [2.24, 2.45) is 0 Å². The Bertz CT molecular complexity index is 487. The van der Waals surface area contributed by atoms with E-state index < -0.39 is 0 Å². The highest BCUT2D eigenvalue weighted by molar-refractivity contribution is 7.97. The van der Waals surface area contributed by atoms with Gasteiger partial charge in [-0.1, -0.05) is 18.2 Å². The number of benzene rings is 1. The maximum Gasteiger partial charge on any atom is 0.199 e. The van der Waals surface area contributed by atoms with Gasteiger partial charge in [-0.05, 0) is 30.6 Å². The highest BCUT2D eigenvalue weighted by atomic mass is 32.2. The fourth-order valence-electron chi connectivity index (χ4n) is 1.40. The second-order valence-corrected chi connectivity index (χ2v) is 4.30. The molecule has 0 saturated carbocycles. The number of H-pyrrole nitrogens is 1. The van der Waals surface area contributed by atoms with E-state index in [2.05, 4.69) is 10.2 Å². The molecule has 0 aliphatic heterocycles. The Morgan fingerprint density at radius 1 is 1.40 bits per heavy atom. The average molecular weight is 237 g/mol. The molecular weight excluding hydrogens is 226 g/mol. The maximum atomic E-state index is 5.20. The van der Waals surface area contributed by atoms with Crippen LogP contribution in [0.5, 0.6) is 0 Å². The summed E-state index contributed by atoms with van der Waals surface area (Å²) >= 11 is 6.93. The first kappa shape index (κ1) is 10.4. The fourth-order valence-corrected chi connectivity index (χ4v) is 2.11. The molecule has 0 aliphatic rings. The van der Waals surface area contributed by atoms with Crippen molar-refractivity contribution >= 4 is 24.0 Å². The Kier molecular flexibility index (Phi) is 3.23. The number of aromatic amines is 1. The number of aromatic nitrogens is 3. The molecule has 1 aromatic heterocycles. The number of hydrogen-bond acceptors (Lipinski definition) is 3. The number of nitrogens with zero attached hydrogens (tertiary/aromatic N) is 2. The van der Waals surface area contributed by atoms with Gasteiger partial charge in [-0.2, -0.15) is 16.9 Å². The Morgan fingerprint density at radius 2 is 2.13 bits per heavy atom. The summed E-state index contributed by atoms with van der Waals surface area (Å²) in [5, 5.41) is 7.03. The van der Waals surface area contributed by atoms with Gasteiger partial charge in [-0.15, -0.1) is 0 Å². The third kappa shape index (κ3) is 2.13. The van der Waals surface area contributed by atoms with Gasteiger partial charge in [-0.3, -0.25) is 9.67 Å². The maximum absolute atomic E-state index is 5.20.